The molecule has 2 rings (SSSR count). The average molecular weight is 354 g/mol. The van der Waals surface area contributed by atoms with Gasteiger partial charge in [0.25, 0.3) is 0 Å². The van der Waals surface area contributed by atoms with E-state index in [9.17, 15) is 17.6 Å². The Labute approximate surface area is 139 Å². The molecule has 2 aromatic carbocycles. The van der Waals surface area contributed by atoms with E-state index in [0.717, 1.165) is 36.7 Å². The molecule has 0 aliphatic heterocycles. The van der Waals surface area contributed by atoms with Gasteiger partial charge in [-0.05, 0) is 36.5 Å². The number of thiocarbonyl (C=S) groups is 1. The fraction of sp³-hybridized carbons (Fsp3) is 0. The Hall–Kier alpha value is -2.81. The van der Waals surface area contributed by atoms with Gasteiger partial charge in [-0.15, -0.1) is 0 Å². The van der Waals surface area contributed by atoms with E-state index in [-0.39, 0.29) is 16.2 Å². The first-order chi connectivity index (χ1) is 11.5. The number of hydrazone groups is 2. The number of halogens is 4. The molecule has 0 heterocycles. The molecule has 0 saturated heterocycles. The first-order valence-corrected chi connectivity index (χ1v) is 6.90. The van der Waals surface area contributed by atoms with Gasteiger partial charge in [-0.1, -0.05) is 12.1 Å². The number of nitrogens with zero attached hydrogens (tertiary/aromatic N) is 2. The van der Waals surface area contributed by atoms with Gasteiger partial charge in [-0.25, -0.2) is 17.6 Å². The van der Waals surface area contributed by atoms with Gasteiger partial charge in [0.2, 0.25) is 5.11 Å². The van der Waals surface area contributed by atoms with Crippen LogP contribution in [0.5, 0.6) is 0 Å². The molecule has 0 unspecified atom stereocenters. The first kappa shape index (κ1) is 17.5. The number of hydrogen-bond donors (Lipinski definition) is 2. The van der Waals surface area contributed by atoms with E-state index in [1.165, 1.54) is 12.1 Å². The molecule has 0 bridgehead atoms. The van der Waals surface area contributed by atoms with Crippen molar-refractivity contribution < 1.29 is 17.6 Å². The van der Waals surface area contributed by atoms with Crippen molar-refractivity contribution in [2.24, 2.45) is 10.2 Å². The maximum Gasteiger partial charge on any atom is 0.207 e. The van der Waals surface area contributed by atoms with Crippen LogP contribution in [0.15, 0.2) is 46.6 Å². The molecule has 0 spiro atoms. The van der Waals surface area contributed by atoms with Crippen LogP contribution in [0.4, 0.5) is 17.6 Å². The summed E-state index contributed by atoms with van der Waals surface area (Å²) in [4.78, 5) is 0. The lowest BCUT2D eigenvalue weighted by molar-refractivity contribution is 0.579. The molecule has 0 atom stereocenters. The Kier molecular flexibility index (Phi) is 5.96. The quantitative estimate of drug-likeness (QED) is 0.384. The maximum absolute atomic E-state index is 13.3. The van der Waals surface area contributed by atoms with Gasteiger partial charge >= 0.3 is 0 Å². The summed E-state index contributed by atoms with van der Waals surface area (Å²) in [6.07, 6.45) is 1.80. The minimum atomic E-state index is -0.785. The molecular weight excluding hydrogens is 344 g/mol. The second-order valence-corrected chi connectivity index (χ2v) is 4.75. The summed E-state index contributed by atoms with van der Waals surface area (Å²) in [5.41, 5.74) is 3.83. The van der Waals surface area contributed by atoms with Crippen LogP contribution in [-0.4, -0.2) is 17.5 Å². The minimum absolute atomic E-state index is 0.143. The monoisotopic (exact) mass is 354 g/mol. The van der Waals surface area contributed by atoms with E-state index in [1.807, 2.05) is 0 Å². The fourth-order valence-corrected chi connectivity index (χ4v) is 1.71. The lowest BCUT2D eigenvalue weighted by Gasteiger charge is -2.02. The van der Waals surface area contributed by atoms with E-state index in [0.29, 0.717) is 0 Å². The molecule has 0 aliphatic carbocycles. The molecule has 0 amide bonds. The van der Waals surface area contributed by atoms with Gasteiger partial charge < -0.3 is 0 Å². The van der Waals surface area contributed by atoms with Crippen LogP contribution >= 0.6 is 12.2 Å². The average Bonchev–Trinajstić information content (AvgIpc) is 2.53. The van der Waals surface area contributed by atoms with Crippen molar-refractivity contribution >= 4 is 29.8 Å². The van der Waals surface area contributed by atoms with Crippen molar-refractivity contribution in [3.8, 4) is 0 Å². The van der Waals surface area contributed by atoms with Gasteiger partial charge in [0.1, 0.15) is 23.3 Å². The van der Waals surface area contributed by atoms with E-state index < -0.39 is 23.3 Å². The highest BCUT2D eigenvalue weighted by molar-refractivity contribution is 7.80. The van der Waals surface area contributed by atoms with Crippen molar-refractivity contribution in [3.63, 3.8) is 0 Å². The Morgan fingerprint density at radius 3 is 1.42 bits per heavy atom. The lowest BCUT2D eigenvalue weighted by Crippen LogP contribution is -2.28. The summed E-state index contributed by atoms with van der Waals surface area (Å²) in [7, 11) is 0. The molecule has 24 heavy (non-hydrogen) atoms. The van der Waals surface area contributed by atoms with Crippen LogP contribution in [0.1, 0.15) is 11.1 Å². The number of benzene rings is 2. The van der Waals surface area contributed by atoms with Gasteiger partial charge in [-0.3, -0.25) is 10.9 Å². The molecular formula is C15H10F4N4S. The Morgan fingerprint density at radius 2 is 1.08 bits per heavy atom. The Morgan fingerprint density at radius 1 is 0.750 bits per heavy atom. The van der Waals surface area contributed by atoms with Crippen molar-refractivity contribution in [3.05, 3.63) is 70.8 Å². The third kappa shape index (κ3) is 4.59. The van der Waals surface area contributed by atoms with Crippen molar-refractivity contribution in [1.82, 2.24) is 10.9 Å². The molecule has 2 N–H and O–H groups in total. The van der Waals surface area contributed by atoms with Crippen LogP contribution in [0.3, 0.4) is 0 Å². The first-order valence-electron chi connectivity index (χ1n) is 6.49. The molecule has 2 aromatic rings. The zero-order valence-electron chi connectivity index (χ0n) is 11.9. The second-order valence-electron chi connectivity index (χ2n) is 4.34. The number of nitrogens with one attached hydrogen (secondary N) is 2. The third-order valence-electron chi connectivity index (χ3n) is 2.72. The Bertz CT molecular complexity index is 702. The van der Waals surface area contributed by atoms with Crippen molar-refractivity contribution in [2.45, 2.75) is 0 Å². The molecule has 9 heteroatoms. The Balaban J connectivity index is 1.92. The van der Waals surface area contributed by atoms with Gasteiger partial charge in [0, 0.05) is 0 Å². The number of rotatable bonds is 4. The molecule has 0 saturated carbocycles. The number of hydrogen-bond acceptors (Lipinski definition) is 3. The summed E-state index contributed by atoms with van der Waals surface area (Å²) in [6, 6.07) is 6.75. The van der Waals surface area contributed by atoms with E-state index in [4.69, 9.17) is 12.2 Å². The van der Waals surface area contributed by atoms with E-state index >= 15 is 0 Å². The highest BCUT2D eigenvalue weighted by Gasteiger charge is 2.06. The molecule has 0 aromatic heterocycles. The molecule has 0 radical (unpaired) electrons. The van der Waals surface area contributed by atoms with Crippen LogP contribution < -0.4 is 10.9 Å². The summed E-state index contributed by atoms with van der Waals surface area (Å²) < 4.78 is 53.4. The summed E-state index contributed by atoms with van der Waals surface area (Å²) in [6.45, 7) is 0. The molecule has 0 fully saturated rings. The summed E-state index contributed by atoms with van der Waals surface area (Å²) in [5.74, 6) is -3.14. The largest absolute Gasteiger partial charge is 0.252 e. The van der Waals surface area contributed by atoms with Crippen LogP contribution in [0, 0.1) is 23.3 Å². The van der Waals surface area contributed by atoms with Gasteiger partial charge in [0.15, 0.2) is 0 Å². The van der Waals surface area contributed by atoms with Crippen molar-refractivity contribution in [2.75, 3.05) is 0 Å². The van der Waals surface area contributed by atoms with Crippen LogP contribution in [-0.2, 0) is 0 Å². The topological polar surface area (TPSA) is 48.8 Å². The van der Waals surface area contributed by atoms with E-state index in [1.54, 1.807) is 0 Å². The normalized spacial score (nSPS) is 11.2. The third-order valence-corrected chi connectivity index (χ3v) is 2.90. The maximum atomic E-state index is 13.3. The minimum Gasteiger partial charge on any atom is -0.252 e. The molecule has 0 aliphatic rings. The SMILES string of the molecule is Fc1cccc(F)c1/C=N\NC(=S)N/N=C\c1c(F)cccc1F. The predicted molar refractivity (Wildman–Crippen MR) is 86.8 cm³/mol. The zero-order valence-corrected chi connectivity index (χ0v) is 12.7. The van der Waals surface area contributed by atoms with Gasteiger partial charge in [-0.2, -0.15) is 10.2 Å². The zero-order chi connectivity index (χ0) is 17.5. The van der Waals surface area contributed by atoms with Crippen molar-refractivity contribution in [1.29, 1.82) is 0 Å². The predicted octanol–water partition coefficient (Wildman–Crippen LogP) is 3.08. The highest BCUT2D eigenvalue weighted by Crippen LogP contribution is 2.09. The second kappa shape index (κ2) is 8.16. The lowest BCUT2D eigenvalue weighted by atomic mass is 10.2. The smallest absolute Gasteiger partial charge is 0.207 e. The summed E-state index contributed by atoms with van der Waals surface area (Å²) in [5, 5.41) is 6.94. The van der Waals surface area contributed by atoms with Gasteiger partial charge in [0.05, 0.1) is 23.6 Å². The summed E-state index contributed by atoms with van der Waals surface area (Å²) >= 11 is 4.79. The standard InChI is InChI=1S/C15H10F4N4S/c16-11-3-1-4-12(17)9(11)7-20-22-15(24)23-21-8-10-13(18)5-2-6-14(10)19/h1-8H,(H2,22,23,24)/b20-7-,21-8-. The van der Waals surface area contributed by atoms with Crippen LogP contribution in [0.25, 0.3) is 0 Å². The highest BCUT2D eigenvalue weighted by atomic mass is 32.1. The molecule has 4 nitrogen and oxygen atoms in total. The van der Waals surface area contributed by atoms with E-state index in [2.05, 4.69) is 21.1 Å². The van der Waals surface area contributed by atoms with Crippen LogP contribution in [0.2, 0.25) is 0 Å². The molecule has 124 valence electrons. The fourth-order valence-electron chi connectivity index (χ4n) is 1.60.